The van der Waals surface area contributed by atoms with E-state index in [1.807, 2.05) is 0 Å². The van der Waals surface area contributed by atoms with Gasteiger partial charge in [-0.25, -0.2) is 0 Å². The molecule has 0 aromatic heterocycles. The van der Waals surface area contributed by atoms with Crippen molar-refractivity contribution in [3.63, 3.8) is 0 Å². The molecular formula is C12H26N4O2. The Morgan fingerprint density at radius 1 is 1.06 bits per heavy atom. The van der Waals surface area contributed by atoms with Gasteiger partial charge in [-0.05, 0) is 13.3 Å². The number of hydrogen-bond acceptors (Lipinski definition) is 4. The minimum absolute atomic E-state index is 0.103. The van der Waals surface area contributed by atoms with Gasteiger partial charge in [-0.1, -0.05) is 26.2 Å². The van der Waals surface area contributed by atoms with E-state index in [1.165, 1.54) is 19.3 Å². The molecule has 0 heterocycles. The summed E-state index contributed by atoms with van der Waals surface area (Å²) < 4.78 is 4.49. The Morgan fingerprint density at radius 2 is 1.67 bits per heavy atom. The van der Waals surface area contributed by atoms with Crippen molar-refractivity contribution in [2.75, 3.05) is 6.61 Å². The maximum atomic E-state index is 10.4. The molecule has 6 nitrogen and oxygen atoms in total. The molecule has 0 radical (unpaired) electrons. The molecule has 0 fully saturated rings. The highest BCUT2D eigenvalue weighted by atomic mass is 16.5. The summed E-state index contributed by atoms with van der Waals surface area (Å²) in [6.07, 6.45) is 5.50. The lowest BCUT2D eigenvalue weighted by Crippen LogP contribution is -2.17. The third-order valence-electron chi connectivity index (χ3n) is 1.94. The summed E-state index contributed by atoms with van der Waals surface area (Å²) in [6, 6.07) is 0. The van der Waals surface area contributed by atoms with Crippen LogP contribution >= 0.6 is 0 Å². The van der Waals surface area contributed by atoms with Gasteiger partial charge in [0.2, 0.25) is 0 Å². The number of hydrogen-bond donors (Lipinski definition) is 4. The number of rotatable bonds is 8. The first-order chi connectivity index (χ1) is 8.43. The van der Waals surface area contributed by atoms with Crippen LogP contribution in [0.25, 0.3) is 0 Å². The minimum Gasteiger partial charge on any atom is -0.466 e. The van der Waals surface area contributed by atoms with Gasteiger partial charge in [0.15, 0.2) is 0 Å². The van der Waals surface area contributed by atoms with Crippen molar-refractivity contribution in [3.05, 3.63) is 0 Å². The van der Waals surface area contributed by atoms with Crippen LogP contribution in [0.3, 0.4) is 0 Å². The van der Waals surface area contributed by atoms with Crippen molar-refractivity contribution in [3.8, 4) is 0 Å². The molecule has 0 aliphatic heterocycles. The lowest BCUT2D eigenvalue weighted by atomic mass is 10.1. The van der Waals surface area contributed by atoms with E-state index in [1.54, 1.807) is 6.92 Å². The second-order valence-electron chi connectivity index (χ2n) is 3.84. The van der Waals surface area contributed by atoms with Crippen LogP contribution in [0.15, 0.2) is 0 Å². The van der Waals surface area contributed by atoms with Crippen molar-refractivity contribution in [1.29, 1.82) is 10.8 Å². The highest BCUT2D eigenvalue weighted by molar-refractivity contribution is 5.94. The summed E-state index contributed by atoms with van der Waals surface area (Å²) in [5.41, 5.74) is 10.1. The quantitative estimate of drug-likeness (QED) is 0.229. The molecule has 0 spiro atoms. The van der Waals surface area contributed by atoms with E-state index < -0.39 is 5.97 Å². The number of carbonyl (C=O) groups is 1. The van der Waals surface area contributed by atoms with Gasteiger partial charge < -0.3 is 16.2 Å². The average molecular weight is 258 g/mol. The molecule has 0 saturated heterocycles. The SMILES string of the molecule is CCCCCCC(=N)N.CCOC(=O)CC(=N)N. The van der Waals surface area contributed by atoms with E-state index in [0.29, 0.717) is 12.4 Å². The van der Waals surface area contributed by atoms with Crippen molar-refractivity contribution < 1.29 is 9.53 Å². The topological polar surface area (TPSA) is 126 Å². The Bertz CT molecular complexity index is 254. The van der Waals surface area contributed by atoms with Crippen LogP contribution in [-0.2, 0) is 9.53 Å². The van der Waals surface area contributed by atoms with Gasteiger partial charge in [-0.2, -0.15) is 0 Å². The average Bonchev–Trinajstić information content (AvgIpc) is 2.24. The van der Waals surface area contributed by atoms with E-state index in [9.17, 15) is 4.79 Å². The van der Waals surface area contributed by atoms with Crippen LogP contribution in [-0.4, -0.2) is 24.2 Å². The second-order valence-corrected chi connectivity index (χ2v) is 3.84. The third kappa shape index (κ3) is 19.9. The Kier molecular flexibility index (Phi) is 14.0. The Balaban J connectivity index is 0. The fourth-order valence-electron chi connectivity index (χ4n) is 1.11. The van der Waals surface area contributed by atoms with Crippen LogP contribution in [0.2, 0.25) is 0 Å². The van der Waals surface area contributed by atoms with Gasteiger partial charge in [0.05, 0.1) is 12.4 Å². The molecule has 0 unspecified atom stereocenters. The van der Waals surface area contributed by atoms with Crippen LogP contribution in [0.4, 0.5) is 0 Å². The Hall–Kier alpha value is -1.59. The van der Waals surface area contributed by atoms with E-state index >= 15 is 0 Å². The van der Waals surface area contributed by atoms with Crippen molar-refractivity contribution in [2.45, 2.75) is 52.4 Å². The first-order valence-corrected chi connectivity index (χ1v) is 6.25. The minimum atomic E-state index is -0.440. The van der Waals surface area contributed by atoms with Gasteiger partial charge in [0.25, 0.3) is 0 Å². The highest BCUT2D eigenvalue weighted by Gasteiger charge is 2.01. The monoisotopic (exact) mass is 258 g/mol. The van der Waals surface area contributed by atoms with Crippen molar-refractivity contribution >= 4 is 17.6 Å². The first kappa shape index (κ1) is 18.8. The summed E-state index contributed by atoms with van der Waals surface area (Å²) in [4.78, 5) is 10.4. The Morgan fingerprint density at radius 3 is 2.06 bits per heavy atom. The molecule has 0 bridgehead atoms. The molecule has 0 amide bonds. The number of ether oxygens (including phenoxy) is 1. The van der Waals surface area contributed by atoms with Gasteiger partial charge in [-0.15, -0.1) is 0 Å². The molecule has 6 N–H and O–H groups in total. The predicted octanol–water partition coefficient (Wildman–Crippen LogP) is 1.77. The fourth-order valence-corrected chi connectivity index (χ4v) is 1.11. The summed E-state index contributed by atoms with van der Waals surface area (Å²) in [6.45, 7) is 4.22. The zero-order chi connectivity index (χ0) is 14.4. The maximum absolute atomic E-state index is 10.4. The molecular weight excluding hydrogens is 232 g/mol. The number of carbonyl (C=O) groups excluding carboxylic acids is 1. The summed E-state index contributed by atoms with van der Waals surface area (Å²) in [5.74, 6) is -0.274. The van der Waals surface area contributed by atoms with Gasteiger partial charge in [0, 0.05) is 6.42 Å². The van der Waals surface area contributed by atoms with Crippen molar-refractivity contribution in [2.24, 2.45) is 11.5 Å². The third-order valence-corrected chi connectivity index (χ3v) is 1.94. The molecule has 18 heavy (non-hydrogen) atoms. The first-order valence-electron chi connectivity index (χ1n) is 6.25. The zero-order valence-corrected chi connectivity index (χ0v) is 11.4. The van der Waals surface area contributed by atoms with E-state index in [-0.39, 0.29) is 12.3 Å². The second kappa shape index (κ2) is 13.5. The lowest BCUT2D eigenvalue weighted by molar-refractivity contribution is -0.141. The van der Waals surface area contributed by atoms with Crippen LogP contribution in [0.1, 0.15) is 52.4 Å². The van der Waals surface area contributed by atoms with Crippen LogP contribution in [0.5, 0.6) is 0 Å². The van der Waals surface area contributed by atoms with Gasteiger partial charge in [0.1, 0.15) is 12.3 Å². The molecule has 0 aromatic rings. The lowest BCUT2D eigenvalue weighted by Gasteiger charge is -1.97. The van der Waals surface area contributed by atoms with Crippen molar-refractivity contribution in [1.82, 2.24) is 0 Å². The molecule has 0 saturated carbocycles. The maximum Gasteiger partial charge on any atom is 0.313 e. The number of nitrogens with two attached hydrogens (primary N) is 2. The molecule has 0 aromatic carbocycles. The molecule has 0 aliphatic rings. The van der Waals surface area contributed by atoms with E-state index in [4.69, 9.17) is 22.3 Å². The fraction of sp³-hybridized carbons (Fsp3) is 0.750. The largest absolute Gasteiger partial charge is 0.466 e. The normalized spacial score (nSPS) is 9.00. The number of unbranched alkanes of at least 4 members (excludes halogenated alkanes) is 3. The number of esters is 1. The molecule has 0 rings (SSSR count). The zero-order valence-electron chi connectivity index (χ0n) is 11.4. The Labute approximate surface area is 109 Å². The standard InChI is InChI=1S/C7H16N2.C5H10N2O2/c1-2-3-4-5-6-7(8)9;1-2-9-5(8)3-4(6)7/h2-6H2,1H3,(H3,8,9);2-3H2,1H3,(H3,6,7). The highest BCUT2D eigenvalue weighted by Crippen LogP contribution is 2.00. The van der Waals surface area contributed by atoms with E-state index in [2.05, 4.69) is 11.7 Å². The molecule has 0 atom stereocenters. The number of nitrogens with one attached hydrogen (secondary N) is 2. The summed E-state index contributed by atoms with van der Waals surface area (Å²) in [5, 5.41) is 13.6. The van der Waals surface area contributed by atoms with Crippen LogP contribution < -0.4 is 11.5 Å². The van der Waals surface area contributed by atoms with Gasteiger partial charge >= 0.3 is 5.97 Å². The van der Waals surface area contributed by atoms with E-state index in [0.717, 1.165) is 12.8 Å². The molecule has 6 heteroatoms. The number of amidine groups is 2. The molecule has 0 aliphatic carbocycles. The summed E-state index contributed by atoms with van der Waals surface area (Å²) in [7, 11) is 0. The summed E-state index contributed by atoms with van der Waals surface area (Å²) >= 11 is 0. The molecule has 106 valence electrons. The van der Waals surface area contributed by atoms with Crippen LogP contribution in [0, 0.1) is 10.8 Å². The smallest absolute Gasteiger partial charge is 0.313 e. The van der Waals surface area contributed by atoms with Gasteiger partial charge in [-0.3, -0.25) is 15.6 Å². The predicted molar refractivity (Wildman–Crippen MR) is 73.8 cm³/mol.